The number of carbonyl (C=O) groups is 2. The molecule has 1 aliphatic carbocycles. The minimum absolute atomic E-state index is 0.101. The Hall–Kier alpha value is -2.56. The van der Waals surface area contributed by atoms with Crippen molar-refractivity contribution in [3.8, 4) is 0 Å². The third-order valence-corrected chi connectivity index (χ3v) is 5.20. The molecule has 1 aliphatic heterocycles. The molecule has 2 amide bonds. The van der Waals surface area contributed by atoms with Crippen LogP contribution in [0.5, 0.6) is 0 Å². The Balaban J connectivity index is 1.52. The Kier molecular flexibility index (Phi) is 4.30. The number of fused-ring (bicyclic) bond motifs is 1. The van der Waals surface area contributed by atoms with Gasteiger partial charge in [0.05, 0.1) is 6.26 Å². The van der Waals surface area contributed by atoms with E-state index in [1.54, 1.807) is 17.0 Å². The number of hydrogen-bond acceptors (Lipinski definition) is 3. The SMILES string of the molecule is O=C(Nc1cccc2c1CCCC2)C1CCCN1C(=O)c1ccco1. The number of rotatable bonds is 3. The lowest BCUT2D eigenvalue weighted by molar-refractivity contribution is -0.119. The van der Waals surface area contributed by atoms with Gasteiger partial charge in [-0.1, -0.05) is 12.1 Å². The molecule has 5 heteroatoms. The molecule has 5 nitrogen and oxygen atoms in total. The fourth-order valence-electron chi connectivity index (χ4n) is 3.94. The van der Waals surface area contributed by atoms with Crippen molar-refractivity contribution in [2.45, 2.75) is 44.6 Å². The highest BCUT2D eigenvalue weighted by Gasteiger charge is 2.35. The number of benzene rings is 1. The first kappa shape index (κ1) is 15.9. The molecule has 1 N–H and O–H groups in total. The maximum atomic E-state index is 12.8. The molecule has 0 radical (unpaired) electrons. The number of nitrogens with one attached hydrogen (secondary N) is 1. The summed E-state index contributed by atoms with van der Waals surface area (Å²) in [5.74, 6) is -0.0223. The molecule has 0 bridgehead atoms. The van der Waals surface area contributed by atoms with E-state index in [-0.39, 0.29) is 17.6 Å². The molecule has 2 aromatic rings. The first-order valence-corrected chi connectivity index (χ1v) is 9.00. The summed E-state index contributed by atoms with van der Waals surface area (Å²) in [5, 5.41) is 3.08. The Bertz CT molecular complexity index is 782. The van der Waals surface area contributed by atoms with Gasteiger partial charge in [0.2, 0.25) is 5.91 Å². The number of aryl methyl sites for hydroxylation is 1. The van der Waals surface area contributed by atoms with Crippen molar-refractivity contribution >= 4 is 17.5 Å². The summed E-state index contributed by atoms with van der Waals surface area (Å²) in [6.45, 7) is 0.588. The zero-order valence-corrected chi connectivity index (χ0v) is 14.2. The highest BCUT2D eigenvalue weighted by Crippen LogP contribution is 2.29. The van der Waals surface area contributed by atoms with Crippen LogP contribution >= 0.6 is 0 Å². The van der Waals surface area contributed by atoms with E-state index in [2.05, 4.69) is 11.4 Å². The second-order valence-corrected chi connectivity index (χ2v) is 6.77. The highest BCUT2D eigenvalue weighted by atomic mass is 16.3. The number of nitrogens with zero attached hydrogens (tertiary/aromatic N) is 1. The van der Waals surface area contributed by atoms with E-state index >= 15 is 0 Å². The Morgan fingerprint density at radius 3 is 2.80 bits per heavy atom. The van der Waals surface area contributed by atoms with Crippen molar-refractivity contribution < 1.29 is 14.0 Å². The summed E-state index contributed by atoms with van der Waals surface area (Å²) >= 11 is 0. The van der Waals surface area contributed by atoms with Crippen LogP contribution in [0.25, 0.3) is 0 Å². The maximum Gasteiger partial charge on any atom is 0.290 e. The summed E-state index contributed by atoms with van der Waals surface area (Å²) in [7, 11) is 0. The van der Waals surface area contributed by atoms with E-state index in [9.17, 15) is 9.59 Å². The van der Waals surface area contributed by atoms with Crippen LogP contribution in [0, 0.1) is 0 Å². The van der Waals surface area contributed by atoms with Gasteiger partial charge in [-0.3, -0.25) is 9.59 Å². The lowest BCUT2D eigenvalue weighted by Gasteiger charge is -2.25. The van der Waals surface area contributed by atoms with E-state index in [0.29, 0.717) is 13.0 Å². The fraction of sp³-hybridized carbons (Fsp3) is 0.400. The van der Waals surface area contributed by atoms with E-state index in [1.807, 2.05) is 12.1 Å². The zero-order chi connectivity index (χ0) is 17.2. The molecule has 1 fully saturated rings. The molecular weight excluding hydrogens is 316 g/mol. The number of anilines is 1. The lowest BCUT2D eigenvalue weighted by atomic mass is 9.90. The summed E-state index contributed by atoms with van der Waals surface area (Å²) in [4.78, 5) is 27.0. The Morgan fingerprint density at radius 1 is 1.08 bits per heavy atom. The maximum absolute atomic E-state index is 12.8. The van der Waals surface area contributed by atoms with Gasteiger partial charge in [0.25, 0.3) is 5.91 Å². The molecular formula is C20H22N2O3. The number of amides is 2. The molecule has 2 aliphatic rings. The van der Waals surface area contributed by atoms with Gasteiger partial charge in [-0.05, 0) is 67.9 Å². The summed E-state index contributed by atoms with van der Waals surface area (Å²) in [6, 6.07) is 9.01. The Morgan fingerprint density at radius 2 is 1.96 bits per heavy atom. The number of carbonyl (C=O) groups excluding carboxylic acids is 2. The van der Waals surface area contributed by atoms with Crippen LogP contribution in [0.4, 0.5) is 5.69 Å². The second kappa shape index (κ2) is 6.75. The fourth-order valence-corrected chi connectivity index (χ4v) is 3.94. The van der Waals surface area contributed by atoms with Gasteiger partial charge < -0.3 is 14.6 Å². The van der Waals surface area contributed by atoms with Crippen LogP contribution < -0.4 is 5.32 Å². The molecule has 1 atom stereocenters. The van der Waals surface area contributed by atoms with Crippen LogP contribution in [0.2, 0.25) is 0 Å². The molecule has 4 rings (SSSR count). The van der Waals surface area contributed by atoms with Gasteiger partial charge >= 0.3 is 0 Å². The van der Waals surface area contributed by atoms with Crippen LogP contribution in [-0.2, 0) is 17.6 Å². The molecule has 0 spiro atoms. The summed E-state index contributed by atoms with van der Waals surface area (Å²) < 4.78 is 5.21. The van der Waals surface area contributed by atoms with E-state index in [4.69, 9.17) is 4.42 Å². The van der Waals surface area contributed by atoms with Gasteiger partial charge in [-0.2, -0.15) is 0 Å². The topological polar surface area (TPSA) is 62.6 Å². The van der Waals surface area contributed by atoms with E-state index in [1.165, 1.54) is 23.8 Å². The first-order valence-electron chi connectivity index (χ1n) is 9.00. The van der Waals surface area contributed by atoms with Gasteiger partial charge in [0.15, 0.2) is 5.76 Å². The number of furan rings is 1. The van der Waals surface area contributed by atoms with Crippen molar-refractivity contribution in [2.24, 2.45) is 0 Å². The zero-order valence-electron chi connectivity index (χ0n) is 14.2. The lowest BCUT2D eigenvalue weighted by Crippen LogP contribution is -2.43. The molecule has 25 heavy (non-hydrogen) atoms. The highest BCUT2D eigenvalue weighted by molar-refractivity contribution is 6.01. The second-order valence-electron chi connectivity index (χ2n) is 6.77. The van der Waals surface area contributed by atoms with Gasteiger partial charge in [-0.25, -0.2) is 0 Å². The van der Waals surface area contributed by atoms with E-state index in [0.717, 1.165) is 31.4 Å². The van der Waals surface area contributed by atoms with Crippen LogP contribution in [-0.4, -0.2) is 29.3 Å². The standard InChI is InChI=1S/C20H22N2O3/c23-19(21-16-9-3-7-14-6-1-2-8-15(14)16)17-10-4-12-22(17)20(24)18-11-5-13-25-18/h3,5,7,9,11,13,17H,1-2,4,6,8,10,12H2,(H,21,23). The van der Waals surface area contributed by atoms with Gasteiger partial charge in [-0.15, -0.1) is 0 Å². The number of likely N-dealkylation sites (tertiary alicyclic amines) is 1. The first-order chi connectivity index (χ1) is 12.2. The molecule has 1 aromatic heterocycles. The largest absolute Gasteiger partial charge is 0.459 e. The third-order valence-electron chi connectivity index (χ3n) is 5.20. The van der Waals surface area contributed by atoms with Crippen LogP contribution in [0.15, 0.2) is 41.0 Å². The van der Waals surface area contributed by atoms with Gasteiger partial charge in [0.1, 0.15) is 6.04 Å². The van der Waals surface area contributed by atoms with Crippen molar-refractivity contribution in [1.29, 1.82) is 0 Å². The average molecular weight is 338 g/mol. The van der Waals surface area contributed by atoms with Gasteiger partial charge in [0, 0.05) is 12.2 Å². The van der Waals surface area contributed by atoms with Crippen LogP contribution in [0.3, 0.4) is 0 Å². The third kappa shape index (κ3) is 3.06. The predicted octanol–water partition coefficient (Wildman–Crippen LogP) is 3.40. The summed E-state index contributed by atoms with van der Waals surface area (Å²) in [5.41, 5.74) is 3.49. The predicted molar refractivity (Wildman–Crippen MR) is 94.5 cm³/mol. The van der Waals surface area contributed by atoms with Crippen molar-refractivity contribution in [3.05, 3.63) is 53.5 Å². The molecule has 2 heterocycles. The normalized spacial score (nSPS) is 19.5. The monoisotopic (exact) mass is 338 g/mol. The van der Waals surface area contributed by atoms with E-state index < -0.39 is 6.04 Å². The molecule has 1 aromatic carbocycles. The molecule has 130 valence electrons. The molecule has 0 saturated carbocycles. The quantitative estimate of drug-likeness (QED) is 0.933. The summed E-state index contributed by atoms with van der Waals surface area (Å²) in [6.07, 6.45) is 7.45. The van der Waals surface area contributed by atoms with Crippen molar-refractivity contribution in [3.63, 3.8) is 0 Å². The molecule has 1 unspecified atom stereocenters. The minimum Gasteiger partial charge on any atom is -0.459 e. The minimum atomic E-state index is -0.433. The van der Waals surface area contributed by atoms with Crippen molar-refractivity contribution in [2.75, 3.05) is 11.9 Å². The van der Waals surface area contributed by atoms with Crippen LogP contribution in [0.1, 0.15) is 47.4 Å². The Labute approximate surface area is 147 Å². The molecule has 1 saturated heterocycles. The smallest absolute Gasteiger partial charge is 0.290 e. The van der Waals surface area contributed by atoms with Crippen molar-refractivity contribution in [1.82, 2.24) is 4.90 Å². The number of hydrogen-bond donors (Lipinski definition) is 1. The average Bonchev–Trinajstić information content (AvgIpc) is 3.33.